The third kappa shape index (κ3) is 14.1. The van der Waals surface area contributed by atoms with Crippen molar-refractivity contribution in [2.24, 2.45) is 94.7 Å². The Balaban J connectivity index is 0.00000672. The van der Waals surface area contributed by atoms with Crippen LogP contribution in [-0.4, -0.2) is 127 Å². The topological polar surface area (TPSA) is 465 Å². The van der Waals surface area contributed by atoms with E-state index in [1.807, 2.05) is 80.5 Å². The summed E-state index contributed by atoms with van der Waals surface area (Å²) >= 11 is 0. The molecule has 1 unspecified atom stereocenters. The summed E-state index contributed by atoms with van der Waals surface area (Å²) in [5.74, 6) is -7.40. The number of primary amides is 6. The van der Waals surface area contributed by atoms with Gasteiger partial charge in [0.1, 0.15) is 18.3 Å². The van der Waals surface area contributed by atoms with Crippen LogP contribution in [-0.2, 0) is 68.7 Å². The average molecular weight is 1340 g/mol. The number of benzene rings is 1. The molecule has 0 saturated carbocycles. The Hall–Kier alpha value is -6.49. The number of aliphatic hydroxyl groups is 2. The fourth-order valence-electron chi connectivity index (χ4n) is 15.3. The summed E-state index contributed by atoms with van der Waals surface area (Å²) in [6.45, 7) is 19.0. The maximum atomic E-state index is 14.4. The van der Waals surface area contributed by atoms with E-state index in [9.17, 15) is 53.2 Å². The van der Waals surface area contributed by atoms with Gasteiger partial charge in [-0.15, -0.1) is 0 Å². The third-order valence-corrected chi connectivity index (χ3v) is 21.6. The van der Waals surface area contributed by atoms with Gasteiger partial charge in [0, 0.05) is 108 Å². The largest absolute Gasteiger partial charge is 3.00 e. The van der Waals surface area contributed by atoms with E-state index in [1.54, 1.807) is 6.92 Å². The van der Waals surface area contributed by atoms with Crippen LogP contribution in [0.4, 0.5) is 0 Å². The van der Waals surface area contributed by atoms with Crippen molar-refractivity contribution in [3.8, 4) is 0 Å². The van der Waals surface area contributed by atoms with E-state index in [-0.39, 0.29) is 101 Å². The van der Waals surface area contributed by atoms with Gasteiger partial charge in [0.05, 0.1) is 41.3 Å². The molecule has 2 aromatic rings. The number of carbonyl (C=O) groups excluding carboxylic acids is 7. The summed E-state index contributed by atoms with van der Waals surface area (Å²) in [5.41, 5.74) is 36.7. The minimum atomic E-state index is -5.32. The van der Waals surface area contributed by atoms with Gasteiger partial charge in [0.2, 0.25) is 41.4 Å². The van der Waals surface area contributed by atoms with Crippen LogP contribution < -0.4 is 44.6 Å². The first-order valence-electron chi connectivity index (χ1n) is 30.5. The molecule has 0 spiro atoms. The van der Waals surface area contributed by atoms with Crippen molar-refractivity contribution in [1.82, 2.24) is 14.9 Å². The van der Waals surface area contributed by atoms with E-state index in [0.29, 0.717) is 56.4 Å². The van der Waals surface area contributed by atoms with Gasteiger partial charge in [-0.05, 0) is 119 Å². The standard InChI is InChI=1S/C62H90N13O14P.CH3.Co/c1-29-20-39-40(21-30(29)2)75(28-70-39)57-52(84)53(41(27-76)87-57)89-90(85,86)88-31(3)26-69-49(83)18-19-59(8)37(22-46(66)80)56-62(11)61(10,25-48(68)82)36(14-17-45(65)79)51(74-62)33(5)55-60(9,24-47(67)81)34(12-15-43(63)77)38(71-55)23-42-58(6,7)35(13-16-44(64)78)50(72-42)32(4)54(59)73-56;;/h20-21,23,28,31,34-37,41,52-53,56-57,76,84H,12-19,22,24-27H2,1-11H3,(H15,63,64,65,66,67,68,69,71,72,73,74,77,78,79,80,81,82,83,85,86);1H3;/q;-1;+3/p-2/t31-,34+,35+,36+,37-,41+,52+,53+,56+,57-,59+,60-,61-,62-;;/m0../s1. The number of fused-ring (bicyclic) bond motifs is 7. The summed E-state index contributed by atoms with van der Waals surface area (Å²) in [7, 11) is -5.32. The van der Waals surface area contributed by atoms with Gasteiger partial charge in [-0.3, -0.25) is 53.1 Å². The number of phosphoric acid groups is 1. The van der Waals surface area contributed by atoms with Crippen LogP contribution >= 0.6 is 7.82 Å². The van der Waals surface area contributed by atoms with Crippen LogP contribution in [0, 0.1) is 66.6 Å². The van der Waals surface area contributed by atoms with E-state index >= 15 is 0 Å². The molecule has 6 aliphatic rings. The van der Waals surface area contributed by atoms with Crippen molar-refractivity contribution >= 4 is 77.3 Å². The number of rotatable bonds is 26. The number of aromatic nitrogens is 2. The number of aliphatic imine (C=N–C) groups is 3. The normalized spacial score (nSPS) is 33.5. The maximum absolute atomic E-state index is 14.4. The molecule has 1 aromatic carbocycles. The molecular formula is C63H91CoN13O14P. The van der Waals surface area contributed by atoms with Gasteiger partial charge in [-0.25, -0.2) is 4.98 Å². The van der Waals surface area contributed by atoms with Crippen molar-refractivity contribution in [2.45, 2.75) is 189 Å². The van der Waals surface area contributed by atoms with Gasteiger partial charge in [-0.1, -0.05) is 40.7 Å². The molecule has 8 bridgehead atoms. The summed E-state index contributed by atoms with van der Waals surface area (Å²) in [6, 6.07) is 2.65. The number of hydrogen-bond acceptors (Lipinski definition) is 18. The van der Waals surface area contributed by atoms with Crippen LogP contribution in [0.1, 0.15) is 150 Å². The number of nitrogens with two attached hydrogens (primary N) is 6. The Labute approximate surface area is 547 Å². The zero-order valence-corrected chi connectivity index (χ0v) is 56.4. The number of hydrogen-bond donors (Lipinski definition) is 9. The van der Waals surface area contributed by atoms with Gasteiger partial charge < -0.3 is 85.9 Å². The predicted molar refractivity (Wildman–Crippen MR) is 338 cm³/mol. The second-order valence-electron chi connectivity index (χ2n) is 27.0. The number of imidazole rings is 1. The zero-order valence-electron chi connectivity index (χ0n) is 54.5. The molecule has 15 N–H and O–H groups in total. The van der Waals surface area contributed by atoms with Crippen LogP contribution in [0.25, 0.3) is 16.4 Å². The van der Waals surface area contributed by atoms with Gasteiger partial charge >= 0.3 is 16.8 Å². The number of aryl methyl sites for hydroxylation is 2. The number of ether oxygens (including phenoxy) is 1. The molecule has 27 nitrogen and oxygen atoms in total. The summed E-state index contributed by atoms with van der Waals surface area (Å²) in [6.07, 6.45) is -4.79. The molecule has 0 aliphatic carbocycles. The van der Waals surface area contributed by atoms with E-state index < -0.39 is 143 Å². The Morgan fingerprint density at radius 1 is 0.793 bits per heavy atom. The van der Waals surface area contributed by atoms with E-state index in [2.05, 4.69) is 10.3 Å². The monoisotopic (exact) mass is 1340 g/mol. The minimum absolute atomic E-state index is 0. The van der Waals surface area contributed by atoms with E-state index in [0.717, 1.165) is 11.1 Å². The zero-order chi connectivity index (χ0) is 66.7. The maximum Gasteiger partial charge on any atom is 3.00 e. The number of phosphoric ester groups is 1. The Bertz CT molecular complexity index is 3540. The fourth-order valence-corrected chi connectivity index (χ4v) is 16.4. The summed E-state index contributed by atoms with van der Waals surface area (Å²) in [4.78, 5) is 128. The molecule has 15 atom stereocenters. The number of carbonyl (C=O) groups is 7. The first kappa shape index (κ1) is 74.5. The molecule has 2 saturated heterocycles. The van der Waals surface area contributed by atoms with Gasteiger partial charge in [-0.2, -0.15) is 5.70 Å². The van der Waals surface area contributed by atoms with Crippen LogP contribution in [0.2, 0.25) is 0 Å². The number of aliphatic hydroxyl groups excluding tert-OH is 2. The third-order valence-electron chi connectivity index (χ3n) is 20.5. The first-order valence-corrected chi connectivity index (χ1v) is 32.0. The van der Waals surface area contributed by atoms with E-state index in [4.69, 9.17) is 68.5 Å². The molecule has 8 rings (SSSR count). The summed E-state index contributed by atoms with van der Waals surface area (Å²) in [5, 5.41) is 30.1. The number of allylic oxidation sites excluding steroid dienone is 6. The van der Waals surface area contributed by atoms with Crippen molar-refractivity contribution in [3.05, 3.63) is 76.6 Å². The van der Waals surface area contributed by atoms with Gasteiger partial charge in [0.15, 0.2) is 6.23 Å². The first-order chi connectivity index (χ1) is 41.8. The Morgan fingerprint density at radius 2 is 1.38 bits per heavy atom. The second kappa shape index (κ2) is 27.8. The molecule has 2 fully saturated rings. The molecule has 506 valence electrons. The van der Waals surface area contributed by atoms with Gasteiger partial charge in [0.25, 0.3) is 7.82 Å². The molecule has 92 heavy (non-hydrogen) atoms. The molecule has 7 heterocycles. The Kier molecular flexibility index (Phi) is 22.6. The minimum Gasteiger partial charge on any atom is -0.756 e. The van der Waals surface area contributed by atoms with Crippen molar-refractivity contribution in [3.63, 3.8) is 0 Å². The molecule has 29 heteroatoms. The van der Waals surface area contributed by atoms with Crippen LogP contribution in [0.3, 0.4) is 0 Å². The smallest absolute Gasteiger partial charge is 0.756 e. The Morgan fingerprint density at radius 3 is 1.96 bits per heavy atom. The number of nitrogens with zero attached hydrogens (tertiary/aromatic N) is 6. The molecule has 1 aromatic heterocycles. The quantitative estimate of drug-likeness (QED) is 0.0478. The molecule has 0 radical (unpaired) electrons. The van der Waals surface area contributed by atoms with Crippen molar-refractivity contribution in [2.75, 3.05) is 13.2 Å². The van der Waals surface area contributed by atoms with E-state index in [1.165, 1.54) is 17.8 Å². The fraction of sp³-hybridized carbons (Fsp3) is 0.619. The number of nitrogens with one attached hydrogen (secondary N) is 1. The van der Waals surface area contributed by atoms with Crippen molar-refractivity contribution < 1.29 is 83.8 Å². The average Bonchev–Trinajstić information content (AvgIpc) is 1.53. The van der Waals surface area contributed by atoms with Crippen LogP contribution in [0.5, 0.6) is 0 Å². The summed E-state index contributed by atoms with van der Waals surface area (Å²) < 4.78 is 31.9. The van der Waals surface area contributed by atoms with Crippen LogP contribution in [0.15, 0.2) is 67.8 Å². The van der Waals surface area contributed by atoms with Crippen molar-refractivity contribution in [1.29, 1.82) is 0 Å². The molecular weight excluding hydrogens is 1250 g/mol. The SMILES string of the molecule is C/C1=C2/[N-][C@H]([C@H](CC(N)=O)[C@@]2(C)CCC(=O)NC[C@H](C)OP(=O)([O-])O[C@H]2[C@@H](O)[C@@H](n3cnc4cc(C)c(C)cc43)O[C@@H]2CO)[C@]2(C)N=C(/C(C)=C3N=C(/C=C4N=C1[C@@H](CCC(N)=O)C\4(C)C)[C@@H](CCC(N)=O)[C@]\3(C)CC(N)=O)[C@@H](CCC(N)=O)[C@]2(C)CC(N)=O.[CH3-].[Co+3]. The second-order valence-corrected chi connectivity index (χ2v) is 28.3. The molecule has 7 amide bonds. The molecule has 6 aliphatic heterocycles. The number of amides is 7. The predicted octanol–water partition coefficient (Wildman–Crippen LogP) is 3.76.